The molecule has 0 heterocycles. The van der Waals surface area contributed by atoms with E-state index in [0.29, 0.717) is 6.54 Å². The molecule has 122 valence electrons. The van der Waals surface area contributed by atoms with E-state index in [2.05, 4.69) is 17.0 Å². The van der Waals surface area contributed by atoms with Crippen LogP contribution >= 0.6 is 0 Å². The molecule has 1 unspecified atom stereocenters. The predicted octanol–water partition coefficient (Wildman–Crippen LogP) is 3.99. The first kappa shape index (κ1) is 18.1. The third-order valence-electron chi connectivity index (χ3n) is 4.53. The van der Waals surface area contributed by atoms with Crippen molar-refractivity contribution in [1.82, 2.24) is 5.32 Å². The fourth-order valence-electron chi connectivity index (χ4n) is 3.01. The van der Waals surface area contributed by atoms with E-state index in [0.717, 1.165) is 11.3 Å². The zero-order valence-electron chi connectivity index (χ0n) is 13.7. The van der Waals surface area contributed by atoms with Crippen LogP contribution in [0.4, 0.5) is 4.39 Å². The quantitative estimate of drug-likeness (QED) is 0.780. The highest BCUT2D eigenvalue weighted by molar-refractivity contribution is 5.72. The Bertz CT molecular complexity index is 320. The Hall–Kier alpha value is -0.900. The van der Waals surface area contributed by atoms with E-state index in [1.54, 1.807) is 12.2 Å². The first-order chi connectivity index (χ1) is 9.91. The first-order valence-electron chi connectivity index (χ1n) is 8.06. The van der Waals surface area contributed by atoms with Crippen molar-refractivity contribution in [3.05, 3.63) is 12.2 Å². The van der Waals surface area contributed by atoms with Crippen molar-refractivity contribution in [3.63, 3.8) is 0 Å². The van der Waals surface area contributed by atoms with Gasteiger partial charge in [-0.1, -0.05) is 19.1 Å². The van der Waals surface area contributed by atoms with E-state index in [1.807, 2.05) is 0 Å². The normalized spacial score (nSPS) is 28.9. The van der Waals surface area contributed by atoms with Gasteiger partial charge in [0.2, 0.25) is 5.91 Å². The molecule has 0 aromatic heterocycles. The second-order valence-electron chi connectivity index (χ2n) is 6.58. The van der Waals surface area contributed by atoms with Gasteiger partial charge in [-0.2, -0.15) is 0 Å². The summed E-state index contributed by atoms with van der Waals surface area (Å²) in [6, 6.07) is 0. The molecular formula is C17H30FNO2. The molecule has 3 aliphatic rings. The molecule has 0 saturated heterocycles. The lowest BCUT2D eigenvalue weighted by Crippen LogP contribution is -2.30. The maximum Gasteiger partial charge on any atom is 0.217 e. The van der Waals surface area contributed by atoms with Crippen molar-refractivity contribution in [1.29, 1.82) is 0 Å². The van der Waals surface area contributed by atoms with Crippen molar-refractivity contribution in [3.8, 4) is 0 Å². The average Bonchev–Trinajstić information content (AvgIpc) is 2.44. The zero-order valence-corrected chi connectivity index (χ0v) is 13.7. The van der Waals surface area contributed by atoms with Crippen LogP contribution in [0.1, 0.15) is 59.3 Å². The van der Waals surface area contributed by atoms with Crippen molar-refractivity contribution in [2.45, 2.75) is 65.7 Å². The maximum atomic E-state index is 12.0. The van der Waals surface area contributed by atoms with Crippen LogP contribution < -0.4 is 5.32 Å². The van der Waals surface area contributed by atoms with Gasteiger partial charge in [0.05, 0.1) is 6.61 Å². The molecule has 21 heavy (non-hydrogen) atoms. The minimum absolute atomic E-state index is 0.0839. The number of carbonyl (C=O) groups excluding carboxylic acids is 1. The summed E-state index contributed by atoms with van der Waals surface area (Å²) in [4.78, 5) is 10.3. The Morgan fingerprint density at radius 1 is 1.33 bits per heavy atom. The number of hydrogen-bond acceptors (Lipinski definition) is 2. The molecule has 1 amide bonds. The van der Waals surface area contributed by atoms with Gasteiger partial charge in [-0.05, 0) is 56.8 Å². The van der Waals surface area contributed by atoms with Gasteiger partial charge in [0.15, 0.2) is 6.36 Å². The Labute approximate surface area is 128 Å². The van der Waals surface area contributed by atoms with E-state index in [-0.39, 0.29) is 12.5 Å². The molecule has 3 nitrogen and oxygen atoms in total. The molecule has 0 radical (unpaired) electrons. The smallest absolute Gasteiger partial charge is 0.217 e. The minimum Gasteiger partial charge on any atom is -0.353 e. The topological polar surface area (TPSA) is 38.3 Å². The molecule has 1 N–H and O–H groups in total. The van der Waals surface area contributed by atoms with Gasteiger partial charge >= 0.3 is 0 Å². The number of hydrogen-bond donors (Lipinski definition) is 1. The number of rotatable bonds is 5. The van der Waals surface area contributed by atoms with Crippen molar-refractivity contribution in [2.24, 2.45) is 11.3 Å². The highest BCUT2D eigenvalue weighted by Gasteiger charge is 2.36. The molecule has 0 aromatic rings. The van der Waals surface area contributed by atoms with Crippen LogP contribution in [0, 0.1) is 11.3 Å². The van der Waals surface area contributed by atoms with Crippen molar-refractivity contribution in [2.75, 3.05) is 13.2 Å². The van der Waals surface area contributed by atoms with Crippen LogP contribution in [-0.4, -0.2) is 25.4 Å². The standard InChI is InChI=1S/C9H16.C8H14FNO2/c1-9-5-2-8(3-6-9)4-7-9;1-7(9)12-6-4-3-5-10-8(2)11/h8H,2-7H2,1H3;3-4,7H,5-6H2,1-2H3,(H,10,11)/b;4-3+. The van der Waals surface area contributed by atoms with Crippen molar-refractivity contribution >= 4 is 5.91 Å². The molecule has 0 aromatic carbocycles. The molecule has 3 rings (SSSR count). The van der Waals surface area contributed by atoms with E-state index in [9.17, 15) is 9.18 Å². The van der Waals surface area contributed by atoms with Crippen LogP contribution in [0.3, 0.4) is 0 Å². The Kier molecular flexibility index (Phi) is 7.94. The summed E-state index contributed by atoms with van der Waals surface area (Å²) in [6.45, 7) is 5.93. The van der Waals surface area contributed by atoms with Crippen LogP contribution in [-0.2, 0) is 9.53 Å². The highest BCUT2D eigenvalue weighted by atomic mass is 19.1. The fraction of sp³-hybridized carbons (Fsp3) is 0.824. The van der Waals surface area contributed by atoms with E-state index >= 15 is 0 Å². The molecular weight excluding hydrogens is 269 g/mol. The van der Waals surface area contributed by atoms with Crippen LogP contribution in [0.5, 0.6) is 0 Å². The number of ether oxygens (including phenoxy) is 1. The highest BCUT2D eigenvalue weighted by Crippen LogP contribution is 2.49. The van der Waals surface area contributed by atoms with E-state index < -0.39 is 6.36 Å². The van der Waals surface area contributed by atoms with E-state index in [1.165, 1.54) is 52.4 Å². The summed E-state index contributed by atoms with van der Waals surface area (Å²) in [5.74, 6) is 1.05. The Morgan fingerprint density at radius 3 is 2.29 bits per heavy atom. The lowest BCUT2D eigenvalue weighted by molar-refractivity contribution is -0.118. The third kappa shape index (κ3) is 8.20. The largest absolute Gasteiger partial charge is 0.353 e. The Balaban J connectivity index is 0.000000216. The number of fused-ring (bicyclic) bond motifs is 3. The minimum atomic E-state index is -1.24. The predicted molar refractivity (Wildman–Crippen MR) is 83.6 cm³/mol. The molecule has 0 aliphatic heterocycles. The van der Waals surface area contributed by atoms with E-state index in [4.69, 9.17) is 0 Å². The molecule has 4 heteroatoms. The number of amides is 1. The summed E-state index contributed by atoms with van der Waals surface area (Å²) in [6.07, 6.45) is 11.3. The summed E-state index contributed by atoms with van der Waals surface area (Å²) in [7, 11) is 0. The number of carbonyl (C=O) groups is 1. The van der Waals surface area contributed by atoms with Crippen LogP contribution in [0.25, 0.3) is 0 Å². The maximum absolute atomic E-state index is 12.0. The summed E-state index contributed by atoms with van der Waals surface area (Å²) < 4.78 is 16.6. The fourth-order valence-corrected chi connectivity index (χ4v) is 3.01. The molecule has 0 spiro atoms. The first-order valence-corrected chi connectivity index (χ1v) is 8.06. The van der Waals surface area contributed by atoms with Gasteiger partial charge in [0.1, 0.15) is 0 Å². The molecule has 1 atom stereocenters. The number of alkyl halides is 1. The summed E-state index contributed by atoms with van der Waals surface area (Å²) in [5.41, 5.74) is 0.786. The van der Waals surface area contributed by atoms with Crippen molar-refractivity contribution < 1.29 is 13.9 Å². The summed E-state index contributed by atoms with van der Waals surface area (Å²) in [5, 5.41) is 2.56. The molecule has 3 fully saturated rings. The molecule has 3 saturated carbocycles. The zero-order chi connectivity index (χ0) is 15.7. The second-order valence-corrected chi connectivity index (χ2v) is 6.58. The molecule has 2 bridgehead atoms. The van der Waals surface area contributed by atoms with Crippen LogP contribution in [0.15, 0.2) is 12.2 Å². The van der Waals surface area contributed by atoms with Gasteiger partial charge < -0.3 is 10.1 Å². The lowest BCUT2D eigenvalue weighted by atomic mass is 9.62. The van der Waals surface area contributed by atoms with Gasteiger partial charge in [-0.3, -0.25) is 4.79 Å². The Morgan fingerprint density at radius 2 is 1.90 bits per heavy atom. The average molecular weight is 299 g/mol. The molecule has 3 aliphatic carbocycles. The SMILES string of the molecule is CC(=O)NC/C=C/COC(C)F.CC12CCC(CC1)CC2. The lowest BCUT2D eigenvalue weighted by Gasteiger charge is -2.44. The number of halogens is 1. The van der Waals surface area contributed by atoms with Gasteiger partial charge in [0.25, 0.3) is 0 Å². The second kappa shape index (κ2) is 9.19. The van der Waals surface area contributed by atoms with Gasteiger partial charge in [-0.25, -0.2) is 4.39 Å². The van der Waals surface area contributed by atoms with Gasteiger partial charge in [-0.15, -0.1) is 0 Å². The monoisotopic (exact) mass is 299 g/mol. The summed E-state index contributed by atoms with van der Waals surface area (Å²) >= 11 is 0. The third-order valence-corrected chi connectivity index (χ3v) is 4.53. The van der Waals surface area contributed by atoms with Crippen LogP contribution in [0.2, 0.25) is 0 Å². The van der Waals surface area contributed by atoms with Gasteiger partial charge in [0, 0.05) is 13.5 Å². The number of nitrogens with one attached hydrogen (secondary N) is 1.